The second-order valence-corrected chi connectivity index (χ2v) is 10.2. The first-order valence-electron chi connectivity index (χ1n) is 11.3. The summed E-state index contributed by atoms with van der Waals surface area (Å²) in [4.78, 5) is 0. The minimum atomic E-state index is -0.180. The number of allylic oxidation sites excluding steroid dienone is 1. The van der Waals surface area contributed by atoms with Crippen LogP contribution in [0, 0.1) is 0 Å². The third kappa shape index (κ3) is 2.07. The molecule has 0 fully saturated rings. The van der Waals surface area contributed by atoms with Gasteiger partial charge in [-0.2, -0.15) is 4.40 Å². The maximum atomic E-state index is 4.41. The topological polar surface area (TPSA) is 8.29 Å². The van der Waals surface area contributed by atoms with Crippen molar-refractivity contribution in [2.24, 2.45) is 0 Å². The van der Waals surface area contributed by atoms with Crippen LogP contribution in [-0.4, -0.2) is 4.40 Å². The molecule has 1 aliphatic rings. The molecule has 5 rings (SSSR count). The van der Waals surface area contributed by atoms with Crippen molar-refractivity contribution >= 4 is 27.5 Å². The third-order valence-corrected chi connectivity index (χ3v) is 8.04. The molecule has 0 aliphatic carbocycles. The molecule has 2 heteroatoms. The summed E-state index contributed by atoms with van der Waals surface area (Å²) < 4.78 is 5.03. The normalized spacial score (nSPS) is 23.7. The molecule has 0 radical (unpaired) electrons. The van der Waals surface area contributed by atoms with Crippen LogP contribution in [0.25, 0.3) is 27.5 Å². The Kier molecular flexibility index (Phi) is 3.85. The van der Waals surface area contributed by atoms with Crippen LogP contribution in [0.15, 0.2) is 61.3 Å². The van der Waals surface area contributed by atoms with E-state index in [9.17, 15) is 0 Å². The lowest BCUT2D eigenvalue weighted by Gasteiger charge is -2.47. The van der Waals surface area contributed by atoms with Gasteiger partial charge in [0.05, 0.1) is 11.6 Å². The molecular formula is C28H33N2+. The fourth-order valence-electron chi connectivity index (χ4n) is 6.05. The van der Waals surface area contributed by atoms with Gasteiger partial charge in [-0.3, -0.25) is 0 Å². The van der Waals surface area contributed by atoms with Gasteiger partial charge in [-0.25, -0.2) is 4.57 Å². The Morgan fingerprint density at radius 2 is 1.83 bits per heavy atom. The van der Waals surface area contributed by atoms with Crippen molar-refractivity contribution in [1.29, 1.82) is 0 Å². The minimum Gasteiger partial charge on any atom is -0.212 e. The summed E-state index contributed by atoms with van der Waals surface area (Å²) >= 11 is 0. The van der Waals surface area contributed by atoms with Gasteiger partial charge in [0.1, 0.15) is 5.54 Å². The summed E-state index contributed by atoms with van der Waals surface area (Å²) in [7, 11) is 0. The Labute approximate surface area is 179 Å². The van der Waals surface area contributed by atoms with Crippen LogP contribution in [0.4, 0.5) is 0 Å². The van der Waals surface area contributed by atoms with E-state index in [2.05, 4.69) is 112 Å². The molecule has 154 valence electrons. The van der Waals surface area contributed by atoms with E-state index in [0.29, 0.717) is 0 Å². The highest BCUT2D eigenvalue weighted by Crippen LogP contribution is 2.50. The van der Waals surface area contributed by atoms with Gasteiger partial charge in [-0.1, -0.05) is 72.4 Å². The first-order valence-corrected chi connectivity index (χ1v) is 11.3. The van der Waals surface area contributed by atoms with Crippen LogP contribution in [0.5, 0.6) is 0 Å². The maximum Gasteiger partial charge on any atom is 0.296 e. The van der Waals surface area contributed by atoms with Crippen LogP contribution in [0.1, 0.15) is 65.5 Å². The second-order valence-electron chi connectivity index (χ2n) is 10.2. The number of imidazole rings is 1. The Hall–Kier alpha value is -2.61. The molecule has 2 nitrogen and oxygen atoms in total. The molecule has 0 saturated heterocycles. The van der Waals surface area contributed by atoms with Gasteiger partial charge in [0.2, 0.25) is 0 Å². The Morgan fingerprint density at radius 1 is 1.07 bits per heavy atom. The quantitative estimate of drug-likeness (QED) is 0.265. The van der Waals surface area contributed by atoms with E-state index in [1.165, 1.54) is 38.6 Å². The fourth-order valence-corrected chi connectivity index (χ4v) is 6.05. The van der Waals surface area contributed by atoms with Gasteiger partial charge < -0.3 is 0 Å². The van der Waals surface area contributed by atoms with Crippen LogP contribution < -0.4 is 4.57 Å². The average Bonchev–Trinajstić information content (AvgIpc) is 3.08. The molecule has 2 atom stereocenters. The van der Waals surface area contributed by atoms with Crippen molar-refractivity contribution in [3.05, 3.63) is 72.4 Å². The number of rotatable bonds is 3. The molecule has 0 spiro atoms. The Bertz CT molecular complexity index is 1330. The molecule has 3 heterocycles. The number of fused-ring (bicyclic) bond motifs is 3. The third-order valence-electron chi connectivity index (χ3n) is 8.04. The number of nitrogens with zero attached hydrogens (tertiary/aromatic N) is 2. The molecule has 1 aliphatic heterocycles. The van der Waals surface area contributed by atoms with Crippen LogP contribution in [0.3, 0.4) is 0 Å². The standard InChI is InChI=1S/C28H33N2/c1-8-27(7)21-13-11-12-19-16-17-29-23-18-20(26(4,5)6)14-15-22(23)30(25(29)24(19)21)28(27,9-2)10-3/h9,11-18H,2,8,10H2,1,3-7H3/q+1. The predicted octanol–water partition coefficient (Wildman–Crippen LogP) is 6.80. The van der Waals surface area contributed by atoms with Gasteiger partial charge in [-0.15, -0.1) is 0 Å². The van der Waals surface area contributed by atoms with E-state index in [4.69, 9.17) is 0 Å². The first-order chi connectivity index (χ1) is 14.2. The predicted molar refractivity (Wildman–Crippen MR) is 127 cm³/mol. The molecule has 2 aromatic heterocycles. The summed E-state index contributed by atoms with van der Waals surface area (Å²) in [6.45, 7) is 18.4. The van der Waals surface area contributed by atoms with Crippen molar-refractivity contribution in [2.75, 3.05) is 0 Å². The SMILES string of the molecule is C=CC1(CC)[n+]2c3ccc(C(C)(C)C)cc3n3ccc4cccc(c4c32)C1(C)CC. The lowest BCUT2D eigenvalue weighted by molar-refractivity contribution is -0.719. The van der Waals surface area contributed by atoms with E-state index in [-0.39, 0.29) is 16.4 Å². The molecular weight excluding hydrogens is 364 g/mol. The van der Waals surface area contributed by atoms with E-state index in [0.717, 1.165) is 12.8 Å². The van der Waals surface area contributed by atoms with Gasteiger partial charge >= 0.3 is 0 Å². The Balaban J connectivity index is 2.10. The highest BCUT2D eigenvalue weighted by Gasteiger charge is 2.55. The fraction of sp³-hybridized carbons (Fsp3) is 0.393. The summed E-state index contributed by atoms with van der Waals surface area (Å²) in [5.74, 6) is 0. The summed E-state index contributed by atoms with van der Waals surface area (Å²) in [5.41, 5.74) is 6.61. The minimum absolute atomic E-state index is 0.0283. The molecule has 2 aromatic carbocycles. The van der Waals surface area contributed by atoms with Crippen LogP contribution in [-0.2, 0) is 16.4 Å². The first kappa shape index (κ1) is 19.4. The monoisotopic (exact) mass is 397 g/mol. The maximum absolute atomic E-state index is 4.41. The number of hydrogen-bond acceptors (Lipinski definition) is 0. The smallest absolute Gasteiger partial charge is 0.212 e. The molecule has 30 heavy (non-hydrogen) atoms. The lowest BCUT2D eigenvalue weighted by atomic mass is 9.61. The van der Waals surface area contributed by atoms with Crippen molar-refractivity contribution in [1.82, 2.24) is 4.40 Å². The second kappa shape index (κ2) is 5.97. The molecule has 0 N–H and O–H groups in total. The van der Waals surface area contributed by atoms with Crippen molar-refractivity contribution in [3.8, 4) is 0 Å². The number of pyridine rings is 1. The van der Waals surface area contributed by atoms with Crippen molar-refractivity contribution < 1.29 is 4.57 Å². The van der Waals surface area contributed by atoms with Gasteiger partial charge in [0.15, 0.2) is 11.0 Å². The number of hydrogen-bond donors (Lipinski definition) is 0. The van der Waals surface area contributed by atoms with Gasteiger partial charge in [0.25, 0.3) is 5.65 Å². The highest BCUT2D eigenvalue weighted by molar-refractivity contribution is 5.99. The zero-order chi connectivity index (χ0) is 21.5. The van der Waals surface area contributed by atoms with Gasteiger partial charge in [-0.05, 0) is 59.0 Å². The number of aromatic nitrogens is 2. The zero-order valence-electron chi connectivity index (χ0n) is 19.2. The van der Waals surface area contributed by atoms with Crippen molar-refractivity contribution in [3.63, 3.8) is 0 Å². The van der Waals surface area contributed by atoms with Crippen LogP contribution in [0.2, 0.25) is 0 Å². The van der Waals surface area contributed by atoms with Crippen molar-refractivity contribution in [2.45, 2.75) is 70.8 Å². The molecule has 0 saturated carbocycles. The molecule has 4 aromatic rings. The average molecular weight is 398 g/mol. The summed E-state index contributed by atoms with van der Waals surface area (Å²) in [6.07, 6.45) is 6.55. The largest absolute Gasteiger partial charge is 0.296 e. The highest BCUT2D eigenvalue weighted by atomic mass is 15.2. The summed E-state index contributed by atoms with van der Waals surface area (Å²) in [6, 6.07) is 16.2. The van der Waals surface area contributed by atoms with Gasteiger partial charge in [0, 0.05) is 5.41 Å². The van der Waals surface area contributed by atoms with E-state index in [1.54, 1.807) is 0 Å². The molecule has 2 unspecified atom stereocenters. The van der Waals surface area contributed by atoms with Crippen LogP contribution >= 0.6 is 0 Å². The lowest BCUT2D eigenvalue weighted by Crippen LogP contribution is -2.66. The summed E-state index contributed by atoms with van der Waals surface area (Å²) in [5, 5.41) is 2.71. The number of benzene rings is 2. The Morgan fingerprint density at radius 3 is 2.47 bits per heavy atom. The molecule has 0 bridgehead atoms. The van der Waals surface area contributed by atoms with E-state index < -0.39 is 0 Å². The van der Waals surface area contributed by atoms with E-state index >= 15 is 0 Å². The zero-order valence-corrected chi connectivity index (χ0v) is 19.2. The van der Waals surface area contributed by atoms with E-state index in [1.807, 2.05) is 0 Å². The molecule has 0 amide bonds.